The van der Waals surface area contributed by atoms with Gasteiger partial charge in [0.2, 0.25) is 5.91 Å². The number of amides is 4. The van der Waals surface area contributed by atoms with Gasteiger partial charge >= 0.3 is 0 Å². The van der Waals surface area contributed by atoms with Gasteiger partial charge in [-0.2, -0.15) is 0 Å². The molecule has 0 heterocycles. The number of rotatable bonds is 11. The second-order valence-electron chi connectivity index (χ2n) is 9.26. The van der Waals surface area contributed by atoms with Crippen molar-refractivity contribution in [2.75, 3.05) is 17.7 Å². The average Bonchev–Trinajstić information content (AvgIpc) is 3.01. The third-order valence-electron chi connectivity index (χ3n) is 6.19. The standard InChI is InChI=1S/C33H30N4O5S/c1-21(31(39)36-27-17-8-7-16-26(27)30(34)38)43-25-15-10-14-24(20-25)35-33(41)28(19-23-13-6-9-18-29(23)42-2)37-32(40)22-11-4-3-5-12-22/h3-21H,1-2H3,(H2,34,38)(H,35,41)(H,36,39)(H,37,40)/b28-19+. The molecule has 218 valence electrons. The van der Waals surface area contributed by atoms with Gasteiger partial charge in [0, 0.05) is 21.7 Å². The normalized spacial score (nSPS) is 11.6. The number of hydrogen-bond acceptors (Lipinski definition) is 6. The van der Waals surface area contributed by atoms with Crippen LogP contribution >= 0.6 is 11.8 Å². The molecule has 0 fully saturated rings. The molecule has 43 heavy (non-hydrogen) atoms. The Kier molecular flexibility index (Phi) is 10.3. The van der Waals surface area contributed by atoms with E-state index in [0.29, 0.717) is 33.1 Å². The fraction of sp³-hybridized carbons (Fsp3) is 0.0909. The summed E-state index contributed by atoms with van der Waals surface area (Å²) in [6.07, 6.45) is 1.55. The van der Waals surface area contributed by atoms with Crippen LogP contribution in [0.2, 0.25) is 0 Å². The predicted octanol–water partition coefficient (Wildman–Crippen LogP) is 5.32. The Morgan fingerprint density at radius 3 is 2.28 bits per heavy atom. The SMILES string of the molecule is COc1ccccc1/C=C(/NC(=O)c1ccccc1)C(=O)Nc1cccc(SC(C)C(=O)Nc2ccccc2C(N)=O)c1. The molecular formula is C33H30N4O5S. The minimum atomic E-state index is -0.640. The summed E-state index contributed by atoms with van der Waals surface area (Å²) >= 11 is 1.27. The van der Waals surface area contributed by atoms with E-state index in [0.717, 1.165) is 0 Å². The van der Waals surface area contributed by atoms with Crippen LogP contribution in [-0.2, 0) is 9.59 Å². The zero-order valence-electron chi connectivity index (χ0n) is 23.5. The van der Waals surface area contributed by atoms with Crippen LogP contribution in [0.3, 0.4) is 0 Å². The first kappa shape index (κ1) is 30.6. The van der Waals surface area contributed by atoms with Crippen molar-refractivity contribution in [1.82, 2.24) is 5.32 Å². The quantitative estimate of drug-likeness (QED) is 0.137. The van der Waals surface area contributed by atoms with E-state index in [1.807, 2.05) is 6.07 Å². The minimum absolute atomic E-state index is 0.0114. The summed E-state index contributed by atoms with van der Waals surface area (Å²) in [4.78, 5) is 51.7. The fourth-order valence-corrected chi connectivity index (χ4v) is 4.95. The lowest BCUT2D eigenvalue weighted by atomic mass is 10.1. The summed E-state index contributed by atoms with van der Waals surface area (Å²) in [7, 11) is 1.52. The number of carbonyl (C=O) groups excluding carboxylic acids is 4. The summed E-state index contributed by atoms with van der Waals surface area (Å²) < 4.78 is 5.41. The number of hydrogen-bond donors (Lipinski definition) is 4. The van der Waals surface area contributed by atoms with E-state index in [1.54, 1.807) is 110 Å². The van der Waals surface area contributed by atoms with Crippen molar-refractivity contribution in [2.24, 2.45) is 5.73 Å². The van der Waals surface area contributed by atoms with Crippen LogP contribution in [0.15, 0.2) is 114 Å². The molecule has 5 N–H and O–H groups in total. The smallest absolute Gasteiger partial charge is 0.272 e. The third kappa shape index (κ3) is 8.34. The summed E-state index contributed by atoms with van der Waals surface area (Å²) in [5.41, 5.74) is 7.44. The van der Waals surface area contributed by atoms with E-state index in [-0.39, 0.29) is 17.2 Å². The molecule has 0 aliphatic heterocycles. The highest BCUT2D eigenvalue weighted by Crippen LogP contribution is 2.28. The zero-order valence-corrected chi connectivity index (χ0v) is 24.3. The van der Waals surface area contributed by atoms with Crippen molar-refractivity contribution in [1.29, 1.82) is 0 Å². The maximum atomic E-state index is 13.5. The first-order valence-corrected chi connectivity index (χ1v) is 14.1. The summed E-state index contributed by atoms with van der Waals surface area (Å²) in [5, 5.41) is 7.75. The second kappa shape index (κ2) is 14.5. The molecule has 4 rings (SSSR count). The molecule has 4 amide bonds. The van der Waals surface area contributed by atoms with Crippen molar-refractivity contribution in [2.45, 2.75) is 17.1 Å². The number of benzene rings is 4. The molecule has 1 unspecified atom stereocenters. The van der Waals surface area contributed by atoms with Crippen molar-refractivity contribution < 1.29 is 23.9 Å². The molecule has 0 radical (unpaired) electrons. The number of carbonyl (C=O) groups is 4. The Labute approximate surface area is 253 Å². The Hall–Kier alpha value is -5.35. The van der Waals surface area contributed by atoms with Gasteiger partial charge in [-0.1, -0.05) is 54.6 Å². The molecule has 0 saturated carbocycles. The predicted molar refractivity (Wildman–Crippen MR) is 169 cm³/mol. The largest absolute Gasteiger partial charge is 0.496 e. The molecule has 4 aromatic carbocycles. The minimum Gasteiger partial charge on any atom is -0.496 e. The van der Waals surface area contributed by atoms with Gasteiger partial charge < -0.3 is 26.4 Å². The van der Waals surface area contributed by atoms with Crippen LogP contribution < -0.4 is 26.4 Å². The van der Waals surface area contributed by atoms with E-state index in [2.05, 4.69) is 16.0 Å². The maximum Gasteiger partial charge on any atom is 0.272 e. The van der Waals surface area contributed by atoms with Gasteiger partial charge in [-0.05, 0) is 61.5 Å². The van der Waals surface area contributed by atoms with Gasteiger partial charge in [0.15, 0.2) is 0 Å². The molecule has 9 nitrogen and oxygen atoms in total. The van der Waals surface area contributed by atoms with Gasteiger partial charge in [-0.3, -0.25) is 19.2 Å². The van der Waals surface area contributed by atoms with Gasteiger partial charge in [0.1, 0.15) is 11.4 Å². The molecule has 0 aromatic heterocycles. The van der Waals surface area contributed by atoms with E-state index in [9.17, 15) is 19.2 Å². The average molecular weight is 595 g/mol. The Balaban J connectivity index is 1.51. The van der Waals surface area contributed by atoms with Crippen molar-refractivity contribution in [3.63, 3.8) is 0 Å². The van der Waals surface area contributed by atoms with Crippen LogP contribution in [0.5, 0.6) is 5.75 Å². The molecule has 10 heteroatoms. The third-order valence-corrected chi connectivity index (χ3v) is 7.29. The van der Waals surface area contributed by atoms with E-state index in [4.69, 9.17) is 10.5 Å². The van der Waals surface area contributed by atoms with Crippen LogP contribution in [0.4, 0.5) is 11.4 Å². The number of primary amides is 1. The number of nitrogens with one attached hydrogen (secondary N) is 3. The monoisotopic (exact) mass is 594 g/mol. The lowest BCUT2D eigenvalue weighted by Crippen LogP contribution is -2.30. The second-order valence-corrected chi connectivity index (χ2v) is 10.7. The summed E-state index contributed by atoms with van der Waals surface area (Å²) in [6.45, 7) is 1.73. The number of methoxy groups -OCH3 is 1. The van der Waals surface area contributed by atoms with Crippen LogP contribution in [0.1, 0.15) is 33.2 Å². The molecule has 4 aromatic rings. The summed E-state index contributed by atoms with van der Waals surface area (Å²) in [6, 6.07) is 29.2. The van der Waals surface area contributed by atoms with Crippen LogP contribution in [-0.4, -0.2) is 36.0 Å². The Morgan fingerprint density at radius 2 is 1.53 bits per heavy atom. The zero-order chi connectivity index (χ0) is 30.8. The van der Waals surface area contributed by atoms with Crippen molar-refractivity contribution in [3.8, 4) is 5.75 Å². The molecule has 0 aliphatic carbocycles. The first-order chi connectivity index (χ1) is 20.7. The first-order valence-electron chi connectivity index (χ1n) is 13.2. The maximum absolute atomic E-state index is 13.5. The number of nitrogens with two attached hydrogens (primary N) is 1. The van der Waals surface area contributed by atoms with Gasteiger partial charge in [0.25, 0.3) is 17.7 Å². The van der Waals surface area contributed by atoms with E-state index in [1.165, 1.54) is 18.9 Å². The lowest BCUT2D eigenvalue weighted by molar-refractivity contribution is -0.115. The molecule has 0 spiro atoms. The van der Waals surface area contributed by atoms with Crippen LogP contribution in [0, 0.1) is 0 Å². The molecular weight excluding hydrogens is 564 g/mol. The van der Waals surface area contributed by atoms with E-state index < -0.39 is 23.0 Å². The highest BCUT2D eigenvalue weighted by Gasteiger charge is 2.19. The number of anilines is 2. The highest BCUT2D eigenvalue weighted by atomic mass is 32.2. The van der Waals surface area contributed by atoms with Crippen LogP contribution in [0.25, 0.3) is 6.08 Å². The topological polar surface area (TPSA) is 140 Å². The van der Waals surface area contributed by atoms with Crippen molar-refractivity contribution >= 4 is 52.8 Å². The number of ether oxygens (including phenoxy) is 1. The Bertz CT molecular complexity index is 1670. The molecule has 1 atom stereocenters. The highest BCUT2D eigenvalue weighted by molar-refractivity contribution is 8.00. The molecule has 0 saturated heterocycles. The number of thioether (sulfide) groups is 1. The van der Waals surface area contributed by atoms with Gasteiger partial charge in [0.05, 0.1) is 23.6 Å². The van der Waals surface area contributed by atoms with E-state index >= 15 is 0 Å². The summed E-state index contributed by atoms with van der Waals surface area (Å²) in [5.74, 6) is -1.42. The van der Waals surface area contributed by atoms with Gasteiger partial charge in [-0.25, -0.2) is 0 Å². The van der Waals surface area contributed by atoms with Crippen molar-refractivity contribution in [3.05, 3.63) is 126 Å². The lowest BCUT2D eigenvalue weighted by Gasteiger charge is -2.15. The molecule has 0 bridgehead atoms. The molecule has 0 aliphatic rings. The number of para-hydroxylation sites is 2. The fourth-order valence-electron chi connectivity index (χ4n) is 4.03. The van der Waals surface area contributed by atoms with Gasteiger partial charge in [-0.15, -0.1) is 11.8 Å². The Morgan fingerprint density at radius 1 is 0.837 bits per heavy atom.